The van der Waals surface area contributed by atoms with Gasteiger partial charge < -0.3 is 0 Å². The topological polar surface area (TPSA) is 38.0 Å². The van der Waals surface area contributed by atoms with Gasteiger partial charge in [-0.1, -0.05) is 26.0 Å². The molecular formula is C17H27FN2. The maximum absolute atomic E-state index is 13.3. The number of nitrogens with one attached hydrogen (secondary N) is 1. The summed E-state index contributed by atoms with van der Waals surface area (Å²) < 4.78 is 13.3. The fraction of sp³-hybridized carbons (Fsp3) is 0.647. The molecular weight excluding hydrogens is 251 g/mol. The van der Waals surface area contributed by atoms with E-state index in [1.54, 1.807) is 12.1 Å². The van der Waals surface area contributed by atoms with E-state index in [4.69, 9.17) is 5.84 Å². The van der Waals surface area contributed by atoms with Crippen LogP contribution in [-0.2, 0) is 6.42 Å². The smallest absolute Gasteiger partial charge is 0.123 e. The summed E-state index contributed by atoms with van der Waals surface area (Å²) in [4.78, 5) is 0. The summed E-state index contributed by atoms with van der Waals surface area (Å²) in [5.41, 5.74) is 3.99. The van der Waals surface area contributed by atoms with Crippen LogP contribution in [0.2, 0.25) is 0 Å². The van der Waals surface area contributed by atoms with Crippen molar-refractivity contribution in [1.82, 2.24) is 5.43 Å². The Kier molecular flexibility index (Phi) is 5.55. The molecule has 3 N–H and O–H groups in total. The Labute approximate surface area is 121 Å². The van der Waals surface area contributed by atoms with E-state index in [0.29, 0.717) is 5.92 Å². The Bertz CT molecular complexity index is 411. The first-order chi connectivity index (χ1) is 9.60. The lowest BCUT2D eigenvalue weighted by molar-refractivity contribution is 0.188. The van der Waals surface area contributed by atoms with Gasteiger partial charge in [0, 0.05) is 6.04 Å². The van der Waals surface area contributed by atoms with Crippen molar-refractivity contribution in [3.05, 3.63) is 35.6 Å². The van der Waals surface area contributed by atoms with Crippen LogP contribution >= 0.6 is 0 Å². The third-order valence-corrected chi connectivity index (χ3v) is 4.89. The molecule has 20 heavy (non-hydrogen) atoms. The lowest BCUT2D eigenvalue weighted by Crippen LogP contribution is -2.44. The van der Waals surface area contributed by atoms with Gasteiger partial charge in [-0.05, 0) is 67.6 Å². The van der Waals surface area contributed by atoms with Crippen molar-refractivity contribution in [1.29, 1.82) is 0 Å². The number of rotatable bonds is 5. The summed E-state index contributed by atoms with van der Waals surface area (Å²) in [7, 11) is 0. The lowest BCUT2D eigenvalue weighted by atomic mass is 9.74. The quantitative estimate of drug-likeness (QED) is 0.637. The van der Waals surface area contributed by atoms with E-state index < -0.39 is 0 Å². The van der Waals surface area contributed by atoms with Crippen molar-refractivity contribution in [3.63, 3.8) is 0 Å². The average molecular weight is 278 g/mol. The zero-order valence-electron chi connectivity index (χ0n) is 12.6. The molecule has 0 heterocycles. The van der Waals surface area contributed by atoms with Gasteiger partial charge in [-0.25, -0.2) is 4.39 Å². The van der Waals surface area contributed by atoms with Gasteiger partial charge in [-0.3, -0.25) is 11.3 Å². The first kappa shape index (κ1) is 15.5. The summed E-state index contributed by atoms with van der Waals surface area (Å²) in [6.07, 6.45) is 5.86. The van der Waals surface area contributed by atoms with Crippen LogP contribution in [0, 0.1) is 23.6 Å². The van der Waals surface area contributed by atoms with Crippen molar-refractivity contribution in [2.75, 3.05) is 0 Å². The molecule has 1 atom stereocenters. The van der Waals surface area contributed by atoms with Gasteiger partial charge in [0.1, 0.15) is 5.82 Å². The molecule has 2 nitrogen and oxygen atoms in total. The minimum absolute atomic E-state index is 0.165. The number of benzene rings is 1. The van der Waals surface area contributed by atoms with Gasteiger partial charge in [0.2, 0.25) is 0 Å². The predicted octanol–water partition coefficient (Wildman–Crippen LogP) is 3.66. The van der Waals surface area contributed by atoms with Crippen molar-refractivity contribution in [3.8, 4) is 0 Å². The molecule has 1 aliphatic carbocycles. The molecule has 112 valence electrons. The molecule has 0 radical (unpaired) electrons. The fourth-order valence-electron chi connectivity index (χ4n) is 3.49. The Morgan fingerprint density at radius 2 is 1.85 bits per heavy atom. The van der Waals surface area contributed by atoms with Gasteiger partial charge in [0.15, 0.2) is 0 Å². The Balaban J connectivity index is 1.92. The molecule has 0 amide bonds. The highest BCUT2D eigenvalue weighted by Gasteiger charge is 2.28. The zero-order chi connectivity index (χ0) is 14.5. The highest BCUT2D eigenvalue weighted by Crippen LogP contribution is 2.35. The van der Waals surface area contributed by atoms with Crippen molar-refractivity contribution < 1.29 is 4.39 Å². The van der Waals surface area contributed by atoms with Crippen molar-refractivity contribution in [2.24, 2.45) is 23.6 Å². The van der Waals surface area contributed by atoms with Crippen LogP contribution in [0.15, 0.2) is 24.3 Å². The molecule has 1 aliphatic rings. The molecule has 1 unspecified atom stereocenters. The minimum Gasteiger partial charge on any atom is -0.271 e. The van der Waals surface area contributed by atoms with Gasteiger partial charge in [0.05, 0.1) is 0 Å². The molecule has 0 bridgehead atoms. The highest BCUT2D eigenvalue weighted by atomic mass is 19.1. The van der Waals surface area contributed by atoms with Crippen LogP contribution in [0.25, 0.3) is 0 Å². The third-order valence-electron chi connectivity index (χ3n) is 4.89. The summed E-state index contributed by atoms with van der Waals surface area (Å²) in [6, 6.07) is 7.11. The molecule has 0 aliphatic heterocycles. The minimum atomic E-state index is -0.165. The molecule has 0 spiro atoms. The van der Waals surface area contributed by atoms with Crippen molar-refractivity contribution in [2.45, 2.75) is 52.0 Å². The monoisotopic (exact) mass is 278 g/mol. The SMILES string of the molecule is CC(C)C1CCC(C(Cc2cccc(F)c2)NN)CC1. The maximum atomic E-state index is 13.3. The van der Waals surface area contributed by atoms with Gasteiger partial charge >= 0.3 is 0 Å². The Morgan fingerprint density at radius 1 is 1.20 bits per heavy atom. The van der Waals surface area contributed by atoms with E-state index in [9.17, 15) is 4.39 Å². The van der Waals surface area contributed by atoms with Gasteiger partial charge in [0.25, 0.3) is 0 Å². The van der Waals surface area contributed by atoms with Crippen LogP contribution in [0.5, 0.6) is 0 Å². The van der Waals surface area contributed by atoms with E-state index in [0.717, 1.165) is 23.8 Å². The predicted molar refractivity (Wildman–Crippen MR) is 81.5 cm³/mol. The lowest BCUT2D eigenvalue weighted by Gasteiger charge is -2.35. The summed E-state index contributed by atoms with van der Waals surface area (Å²) in [5, 5.41) is 0. The first-order valence-electron chi connectivity index (χ1n) is 7.80. The van der Waals surface area contributed by atoms with Crippen molar-refractivity contribution >= 4 is 0 Å². The number of hydrogen-bond donors (Lipinski definition) is 2. The highest BCUT2D eigenvalue weighted by molar-refractivity contribution is 5.17. The van der Waals surface area contributed by atoms with E-state index in [2.05, 4.69) is 19.3 Å². The second-order valence-electron chi connectivity index (χ2n) is 6.53. The molecule has 2 rings (SSSR count). The molecule has 1 aromatic rings. The number of nitrogens with two attached hydrogens (primary N) is 1. The Hall–Kier alpha value is -0.930. The van der Waals surface area contributed by atoms with Crippen LogP contribution < -0.4 is 11.3 Å². The molecule has 0 aromatic heterocycles. The zero-order valence-corrected chi connectivity index (χ0v) is 12.6. The van der Waals surface area contributed by atoms with E-state index in [-0.39, 0.29) is 11.9 Å². The summed E-state index contributed by atoms with van der Waals surface area (Å²) in [5.74, 6) is 7.83. The summed E-state index contributed by atoms with van der Waals surface area (Å²) in [6.45, 7) is 4.63. The second kappa shape index (κ2) is 7.19. The van der Waals surface area contributed by atoms with Gasteiger partial charge in [-0.2, -0.15) is 0 Å². The normalized spacial score (nSPS) is 24.9. The van der Waals surface area contributed by atoms with E-state index >= 15 is 0 Å². The van der Waals surface area contributed by atoms with Crippen LogP contribution in [0.3, 0.4) is 0 Å². The first-order valence-corrected chi connectivity index (χ1v) is 7.80. The fourth-order valence-corrected chi connectivity index (χ4v) is 3.49. The van der Waals surface area contributed by atoms with E-state index in [1.807, 2.05) is 6.07 Å². The average Bonchev–Trinajstić information content (AvgIpc) is 2.45. The Morgan fingerprint density at radius 3 is 2.40 bits per heavy atom. The third kappa shape index (κ3) is 4.03. The molecule has 1 fully saturated rings. The molecule has 1 aromatic carbocycles. The number of hydrogen-bond acceptors (Lipinski definition) is 2. The molecule has 3 heteroatoms. The van der Waals surface area contributed by atoms with Crippen LogP contribution in [0.4, 0.5) is 4.39 Å². The van der Waals surface area contributed by atoms with Crippen LogP contribution in [0.1, 0.15) is 45.1 Å². The van der Waals surface area contributed by atoms with Crippen LogP contribution in [-0.4, -0.2) is 6.04 Å². The van der Waals surface area contributed by atoms with Gasteiger partial charge in [-0.15, -0.1) is 0 Å². The molecule has 0 saturated heterocycles. The summed E-state index contributed by atoms with van der Waals surface area (Å²) >= 11 is 0. The largest absolute Gasteiger partial charge is 0.271 e. The number of hydrazine groups is 1. The number of halogens is 1. The standard InChI is InChI=1S/C17H27FN2/c1-12(2)14-6-8-15(9-7-14)17(20-19)11-13-4-3-5-16(18)10-13/h3-5,10,12,14-15,17,20H,6-9,11,19H2,1-2H3. The maximum Gasteiger partial charge on any atom is 0.123 e. The van der Waals surface area contributed by atoms with E-state index in [1.165, 1.54) is 31.7 Å². The second-order valence-corrected chi connectivity index (χ2v) is 6.53. The molecule has 1 saturated carbocycles.